The molecule has 10 heteroatoms. The van der Waals surface area contributed by atoms with Crippen LogP contribution in [0.3, 0.4) is 0 Å². The first kappa shape index (κ1) is 19.0. The molecule has 1 amide bonds. The Bertz CT molecular complexity index is 988. The van der Waals surface area contributed by atoms with E-state index in [4.69, 9.17) is 14.6 Å². The van der Waals surface area contributed by atoms with Gasteiger partial charge in [0.1, 0.15) is 30.3 Å². The largest absolute Gasteiger partial charge is 0.441 e. The SMILES string of the molecule is COCn1cc(Nc2ccc(-c3ccc(N4CC(CO)OC4=O)cc3F)cn2)[nH]1. The number of halogens is 1. The van der Waals surface area contributed by atoms with Gasteiger partial charge in [0.25, 0.3) is 0 Å². The Labute approximate surface area is 165 Å². The van der Waals surface area contributed by atoms with E-state index < -0.39 is 18.0 Å². The highest BCUT2D eigenvalue weighted by Crippen LogP contribution is 2.29. The number of aliphatic hydroxyl groups excluding tert-OH is 1. The number of nitrogens with zero attached hydrogens (tertiary/aromatic N) is 3. The van der Waals surface area contributed by atoms with Crippen LogP contribution in [0.1, 0.15) is 0 Å². The van der Waals surface area contributed by atoms with Crippen molar-refractivity contribution >= 4 is 23.4 Å². The van der Waals surface area contributed by atoms with Crippen molar-refractivity contribution in [2.75, 3.05) is 30.5 Å². The number of aromatic nitrogens is 3. The molecule has 1 aliphatic rings. The molecule has 1 fully saturated rings. The fourth-order valence-electron chi connectivity index (χ4n) is 3.07. The maximum atomic E-state index is 14.7. The predicted octanol–water partition coefficient (Wildman–Crippen LogP) is 2.68. The zero-order valence-corrected chi connectivity index (χ0v) is 15.6. The quantitative estimate of drug-likeness (QED) is 0.562. The third-order valence-electron chi connectivity index (χ3n) is 4.50. The zero-order chi connectivity index (χ0) is 20.4. The lowest BCUT2D eigenvalue weighted by Gasteiger charge is -2.16. The summed E-state index contributed by atoms with van der Waals surface area (Å²) in [6.45, 7) is 0.343. The molecule has 3 N–H and O–H groups in total. The number of hydrogen-bond donors (Lipinski definition) is 3. The molecule has 1 aliphatic heterocycles. The van der Waals surface area contributed by atoms with Crippen LogP contribution in [0.2, 0.25) is 0 Å². The number of ether oxygens (including phenoxy) is 2. The van der Waals surface area contributed by atoms with Gasteiger partial charge in [0, 0.05) is 24.4 Å². The van der Waals surface area contributed by atoms with Crippen LogP contribution in [0.5, 0.6) is 0 Å². The first-order chi connectivity index (χ1) is 14.1. The minimum absolute atomic E-state index is 0.182. The Hall–Kier alpha value is -3.37. The van der Waals surface area contributed by atoms with Crippen LogP contribution < -0.4 is 10.2 Å². The van der Waals surface area contributed by atoms with E-state index in [0.717, 1.165) is 5.82 Å². The highest BCUT2D eigenvalue weighted by molar-refractivity contribution is 5.90. The lowest BCUT2D eigenvalue weighted by atomic mass is 10.1. The molecule has 0 aliphatic carbocycles. The summed E-state index contributed by atoms with van der Waals surface area (Å²) in [6.07, 6.45) is 2.20. The highest BCUT2D eigenvalue weighted by Gasteiger charge is 2.32. The van der Waals surface area contributed by atoms with Gasteiger partial charge in [-0.1, -0.05) is 0 Å². The molecule has 0 spiro atoms. The second-order valence-corrected chi connectivity index (χ2v) is 6.56. The summed E-state index contributed by atoms with van der Waals surface area (Å²) in [5.74, 6) is 0.900. The number of aromatic amines is 1. The van der Waals surface area contributed by atoms with Gasteiger partial charge in [-0.15, -0.1) is 0 Å². The molecular formula is C19H20FN5O4. The molecule has 2 aromatic heterocycles. The minimum atomic E-state index is -0.601. The van der Waals surface area contributed by atoms with E-state index in [0.29, 0.717) is 29.4 Å². The second kappa shape index (κ2) is 7.94. The van der Waals surface area contributed by atoms with Crippen LogP contribution in [-0.4, -0.2) is 52.3 Å². The van der Waals surface area contributed by atoms with Crippen molar-refractivity contribution in [3.63, 3.8) is 0 Å². The number of hydrogen-bond acceptors (Lipinski definition) is 6. The summed E-state index contributed by atoms with van der Waals surface area (Å²) in [4.78, 5) is 17.5. The van der Waals surface area contributed by atoms with E-state index in [1.165, 1.54) is 11.0 Å². The number of anilines is 3. The molecule has 1 aromatic carbocycles. The molecule has 9 nitrogen and oxygen atoms in total. The number of carbonyl (C=O) groups excluding carboxylic acids is 1. The van der Waals surface area contributed by atoms with E-state index in [1.807, 2.05) is 6.20 Å². The highest BCUT2D eigenvalue weighted by atomic mass is 19.1. The summed E-state index contributed by atoms with van der Waals surface area (Å²) in [5.41, 5.74) is 1.35. The number of methoxy groups -OCH3 is 1. The standard InChI is InChI=1S/C19H20FN5O4/c1-28-11-24-9-18(23-24)22-17-5-2-12(7-21-17)15-4-3-13(6-16(15)20)25-8-14(10-26)29-19(25)27/h2-7,9,14,23,26H,8,10-11H2,1H3,(H,21,22). The maximum Gasteiger partial charge on any atom is 0.414 e. The number of pyridine rings is 1. The van der Waals surface area contributed by atoms with Crippen molar-refractivity contribution in [2.45, 2.75) is 12.8 Å². The zero-order valence-electron chi connectivity index (χ0n) is 15.6. The molecule has 29 heavy (non-hydrogen) atoms. The number of benzene rings is 1. The predicted molar refractivity (Wildman–Crippen MR) is 103 cm³/mol. The van der Waals surface area contributed by atoms with Crippen molar-refractivity contribution in [2.24, 2.45) is 0 Å². The van der Waals surface area contributed by atoms with Gasteiger partial charge in [-0.25, -0.2) is 14.2 Å². The normalized spacial score (nSPS) is 16.3. The van der Waals surface area contributed by atoms with Crippen LogP contribution >= 0.6 is 0 Å². The van der Waals surface area contributed by atoms with E-state index >= 15 is 0 Å². The van der Waals surface area contributed by atoms with Crippen LogP contribution in [0.15, 0.2) is 42.7 Å². The summed E-state index contributed by atoms with van der Waals surface area (Å²) in [5, 5.41) is 15.2. The number of aliphatic hydroxyl groups is 1. The monoisotopic (exact) mass is 401 g/mol. The fraction of sp³-hybridized carbons (Fsp3) is 0.263. The number of carbonyl (C=O) groups is 1. The molecule has 1 unspecified atom stereocenters. The second-order valence-electron chi connectivity index (χ2n) is 6.56. The van der Waals surface area contributed by atoms with Crippen molar-refractivity contribution in [3.05, 3.63) is 48.5 Å². The Kier molecular flexibility index (Phi) is 5.19. The van der Waals surface area contributed by atoms with Gasteiger partial charge in [-0.3, -0.25) is 14.7 Å². The van der Waals surface area contributed by atoms with Gasteiger partial charge in [0.15, 0.2) is 0 Å². The first-order valence-electron chi connectivity index (χ1n) is 8.93. The van der Waals surface area contributed by atoms with Gasteiger partial charge in [-0.05, 0) is 30.3 Å². The van der Waals surface area contributed by atoms with E-state index in [2.05, 4.69) is 15.4 Å². The number of rotatable bonds is 7. The van der Waals surface area contributed by atoms with Gasteiger partial charge in [0.05, 0.1) is 25.0 Å². The summed E-state index contributed by atoms with van der Waals surface area (Å²) in [6, 6.07) is 8.00. The maximum absolute atomic E-state index is 14.7. The molecule has 4 rings (SSSR count). The topological polar surface area (TPSA) is 105 Å². The molecule has 3 aromatic rings. The Balaban J connectivity index is 1.46. The Morgan fingerprint density at radius 1 is 1.41 bits per heavy atom. The number of amides is 1. The van der Waals surface area contributed by atoms with Crippen LogP contribution in [0.25, 0.3) is 11.1 Å². The average Bonchev–Trinajstić information content (AvgIpc) is 3.08. The van der Waals surface area contributed by atoms with E-state index in [-0.39, 0.29) is 13.2 Å². The molecule has 152 valence electrons. The van der Waals surface area contributed by atoms with E-state index in [9.17, 15) is 9.18 Å². The molecule has 0 bridgehead atoms. The Morgan fingerprint density at radius 2 is 2.24 bits per heavy atom. The molecule has 0 saturated carbocycles. The van der Waals surface area contributed by atoms with Crippen molar-refractivity contribution in [3.8, 4) is 11.1 Å². The number of H-pyrrole nitrogens is 1. The fourth-order valence-corrected chi connectivity index (χ4v) is 3.07. The third-order valence-corrected chi connectivity index (χ3v) is 4.50. The van der Waals surface area contributed by atoms with E-state index in [1.54, 1.807) is 42.3 Å². The van der Waals surface area contributed by atoms with Gasteiger partial charge < -0.3 is 19.9 Å². The van der Waals surface area contributed by atoms with Gasteiger partial charge >= 0.3 is 6.09 Å². The van der Waals surface area contributed by atoms with Crippen LogP contribution in [-0.2, 0) is 16.2 Å². The molecule has 1 saturated heterocycles. The van der Waals surface area contributed by atoms with Gasteiger partial charge in [0.2, 0.25) is 0 Å². The minimum Gasteiger partial charge on any atom is -0.441 e. The summed E-state index contributed by atoms with van der Waals surface area (Å²) < 4.78 is 26.4. The molecular weight excluding hydrogens is 381 g/mol. The summed E-state index contributed by atoms with van der Waals surface area (Å²) >= 11 is 0. The molecule has 1 atom stereocenters. The third kappa shape index (κ3) is 3.93. The first-order valence-corrected chi connectivity index (χ1v) is 8.93. The Morgan fingerprint density at radius 3 is 2.86 bits per heavy atom. The van der Waals surface area contributed by atoms with Crippen molar-refractivity contribution < 1.29 is 23.8 Å². The average molecular weight is 401 g/mol. The summed E-state index contributed by atoms with van der Waals surface area (Å²) in [7, 11) is 1.61. The van der Waals surface area contributed by atoms with Crippen LogP contribution in [0, 0.1) is 5.82 Å². The number of nitrogens with one attached hydrogen (secondary N) is 2. The van der Waals surface area contributed by atoms with Crippen molar-refractivity contribution in [1.29, 1.82) is 0 Å². The van der Waals surface area contributed by atoms with Crippen molar-refractivity contribution in [1.82, 2.24) is 14.8 Å². The molecule has 0 radical (unpaired) electrons. The lowest BCUT2D eigenvalue weighted by Crippen LogP contribution is -2.25. The smallest absolute Gasteiger partial charge is 0.414 e. The van der Waals surface area contributed by atoms with Crippen LogP contribution in [0.4, 0.5) is 26.5 Å². The lowest BCUT2D eigenvalue weighted by molar-refractivity contribution is 0.0963. The van der Waals surface area contributed by atoms with Gasteiger partial charge in [-0.2, -0.15) is 0 Å². The number of cyclic esters (lactones) is 1. The molecule has 3 heterocycles.